The molecule has 5 heteroatoms. The van der Waals surface area contributed by atoms with Gasteiger partial charge in [0.25, 0.3) is 0 Å². The van der Waals surface area contributed by atoms with Gasteiger partial charge in [-0.2, -0.15) is 0 Å². The molecule has 2 aromatic rings. The van der Waals surface area contributed by atoms with Crippen molar-refractivity contribution in [3.05, 3.63) is 24.3 Å². The maximum atomic E-state index is 11.6. The van der Waals surface area contributed by atoms with Crippen LogP contribution in [0.15, 0.2) is 24.3 Å². The molecule has 0 saturated carbocycles. The molecular weight excluding hydrogens is 191 g/mol. The zero-order valence-corrected chi connectivity index (χ0v) is 7.47. The standard InChI is InChI=1S/C8H7FN2OS/c9-5-12-11-8-10-6-3-1-2-4-7(6)13-8/h1-4H,5H2,(H,10,11). The van der Waals surface area contributed by atoms with E-state index in [1.807, 2.05) is 24.3 Å². The largest absolute Gasteiger partial charge is 0.240 e. The predicted molar refractivity (Wildman–Crippen MR) is 50.3 cm³/mol. The van der Waals surface area contributed by atoms with Crippen molar-refractivity contribution in [3.8, 4) is 0 Å². The molecule has 1 aromatic carbocycles. The SMILES string of the molecule is FCONc1nc2ccccc2s1. The first-order chi connectivity index (χ1) is 6.40. The Bertz CT molecular complexity index is 371. The van der Waals surface area contributed by atoms with Crippen LogP contribution < -0.4 is 5.48 Å². The lowest BCUT2D eigenvalue weighted by Crippen LogP contribution is -1.97. The first-order valence-corrected chi connectivity index (χ1v) is 4.51. The van der Waals surface area contributed by atoms with Crippen molar-refractivity contribution >= 4 is 26.7 Å². The van der Waals surface area contributed by atoms with Crippen molar-refractivity contribution in [1.82, 2.24) is 4.98 Å². The van der Waals surface area contributed by atoms with Crippen LogP contribution >= 0.6 is 11.3 Å². The summed E-state index contributed by atoms with van der Waals surface area (Å²) in [5, 5.41) is 0.568. The number of alkyl halides is 1. The van der Waals surface area contributed by atoms with Crippen molar-refractivity contribution in [3.63, 3.8) is 0 Å². The Labute approximate surface area is 78.1 Å². The van der Waals surface area contributed by atoms with Crippen molar-refractivity contribution in [2.24, 2.45) is 0 Å². The Morgan fingerprint density at radius 3 is 3.08 bits per heavy atom. The molecule has 0 aliphatic carbocycles. The third-order valence-corrected chi connectivity index (χ3v) is 2.44. The summed E-state index contributed by atoms with van der Waals surface area (Å²) < 4.78 is 12.7. The lowest BCUT2D eigenvalue weighted by atomic mass is 10.3. The number of nitrogens with zero attached hydrogens (tertiary/aromatic N) is 1. The minimum absolute atomic E-state index is 0.568. The smallest absolute Gasteiger partial charge is 0.214 e. The van der Waals surface area contributed by atoms with Gasteiger partial charge >= 0.3 is 0 Å². The minimum atomic E-state index is -0.865. The predicted octanol–water partition coefficient (Wildman–Crippen LogP) is 2.57. The Hall–Kier alpha value is -1.20. The van der Waals surface area contributed by atoms with Crippen LogP contribution in [0.1, 0.15) is 0 Å². The lowest BCUT2D eigenvalue weighted by Gasteiger charge is -1.95. The van der Waals surface area contributed by atoms with Crippen LogP contribution in [0.5, 0.6) is 0 Å². The normalized spacial score (nSPS) is 10.5. The second-order valence-electron chi connectivity index (χ2n) is 2.34. The number of halogens is 1. The topological polar surface area (TPSA) is 34.1 Å². The Morgan fingerprint density at radius 2 is 2.31 bits per heavy atom. The van der Waals surface area contributed by atoms with E-state index in [2.05, 4.69) is 15.3 Å². The van der Waals surface area contributed by atoms with Crippen molar-refractivity contribution in [2.45, 2.75) is 0 Å². The van der Waals surface area contributed by atoms with Crippen LogP contribution in [0.25, 0.3) is 10.2 Å². The molecule has 1 N–H and O–H groups in total. The average Bonchev–Trinajstić information content (AvgIpc) is 2.57. The van der Waals surface area contributed by atoms with Crippen LogP contribution in [-0.4, -0.2) is 11.8 Å². The molecule has 3 nitrogen and oxygen atoms in total. The maximum Gasteiger partial charge on any atom is 0.214 e. The van der Waals surface area contributed by atoms with Gasteiger partial charge in [0.05, 0.1) is 10.2 Å². The number of benzene rings is 1. The second-order valence-corrected chi connectivity index (χ2v) is 3.37. The molecule has 1 heterocycles. The van der Waals surface area contributed by atoms with Crippen LogP contribution in [-0.2, 0) is 4.84 Å². The Balaban J connectivity index is 2.28. The number of para-hydroxylation sites is 1. The fourth-order valence-corrected chi connectivity index (χ4v) is 1.82. The highest BCUT2D eigenvalue weighted by Crippen LogP contribution is 2.25. The number of fused-ring (bicyclic) bond motifs is 1. The summed E-state index contributed by atoms with van der Waals surface area (Å²) in [5.41, 5.74) is 3.30. The highest BCUT2D eigenvalue weighted by molar-refractivity contribution is 7.22. The summed E-state index contributed by atoms with van der Waals surface area (Å²) >= 11 is 1.42. The number of rotatable bonds is 3. The van der Waals surface area contributed by atoms with E-state index in [9.17, 15) is 4.39 Å². The fourth-order valence-electron chi connectivity index (χ4n) is 1.00. The Kier molecular flexibility index (Phi) is 2.37. The molecule has 0 aliphatic rings. The number of hydrogen-bond acceptors (Lipinski definition) is 4. The zero-order valence-electron chi connectivity index (χ0n) is 6.66. The summed E-state index contributed by atoms with van der Waals surface area (Å²) in [4.78, 5) is 8.55. The molecule has 0 radical (unpaired) electrons. The van der Waals surface area contributed by atoms with E-state index in [1.165, 1.54) is 11.3 Å². The molecule has 13 heavy (non-hydrogen) atoms. The number of aromatic nitrogens is 1. The van der Waals surface area contributed by atoms with Crippen molar-refractivity contribution < 1.29 is 9.23 Å². The van der Waals surface area contributed by atoms with E-state index < -0.39 is 6.86 Å². The van der Waals surface area contributed by atoms with Crippen LogP contribution in [0.4, 0.5) is 9.52 Å². The number of nitrogens with one attached hydrogen (secondary N) is 1. The van der Waals surface area contributed by atoms with E-state index in [4.69, 9.17) is 0 Å². The molecule has 68 valence electrons. The summed E-state index contributed by atoms with van der Waals surface area (Å²) in [6, 6.07) is 7.68. The summed E-state index contributed by atoms with van der Waals surface area (Å²) in [6.07, 6.45) is 0. The van der Waals surface area contributed by atoms with E-state index in [0.717, 1.165) is 10.2 Å². The summed E-state index contributed by atoms with van der Waals surface area (Å²) in [5.74, 6) is 0. The molecule has 1 aromatic heterocycles. The van der Waals surface area contributed by atoms with E-state index in [-0.39, 0.29) is 0 Å². The van der Waals surface area contributed by atoms with Gasteiger partial charge in [-0.05, 0) is 12.1 Å². The van der Waals surface area contributed by atoms with Gasteiger partial charge in [0.1, 0.15) is 0 Å². The second kappa shape index (κ2) is 3.68. The monoisotopic (exact) mass is 198 g/mol. The van der Waals surface area contributed by atoms with Gasteiger partial charge in [0.15, 0.2) is 0 Å². The first kappa shape index (κ1) is 8.40. The molecule has 0 unspecified atom stereocenters. The molecule has 0 fully saturated rings. The molecule has 0 spiro atoms. The maximum absolute atomic E-state index is 11.6. The third kappa shape index (κ3) is 1.76. The zero-order chi connectivity index (χ0) is 9.10. The van der Waals surface area contributed by atoms with E-state index in [1.54, 1.807) is 0 Å². The number of anilines is 1. The summed E-state index contributed by atoms with van der Waals surface area (Å²) in [7, 11) is 0. The molecule has 2 rings (SSSR count). The van der Waals surface area contributed by atoms with Gasteiger partial charge in [-0.3, -0.25) is 0 Å². The quantitative estimate of drug-likeness (QED) is 0.769. The fraction of sp³-hybridized carbons (Fsp3) is 0.125. The average molecular weight is 198 g/mol. The minimum Gasteiger partial charge on any atom is -0.240 e. The molecule has 0 bridgehead atoms. The molecular formula is C8H7FN2OS. The molecule has 0 saturated heterocycles. The van der Waals surface area contributed by atoms with Crippen molar-refractivity contribution in [1.29, 1.82) is 0 Å². The summed E-state index contributed by atoms with van der Waals surface area (Å²) in [6.45, 7) is -0.865. The Morgan fingerprint density at radius 1 is 1.46 bits per heavy atom. The third-order valence-electron chi connectivity index (χ3n) is 1.51. The number of thiazole rings is 1. The first-order valence-electron chi connectivity index (χ1n) is 3.69. The number of hydrogen-bond donors (Lipinski definition) is 1. The van der Waals surface area contributed by atoms with E-state index in [0.29, 0.717) is 5.13 Å². The molecule has 0 atom stereocenters. The lowest BCUT2D eigenvalue weighted by molar-refractivity contribution is 0.101. The van der Waals surface area contributed by atoms with Crippen molar-refractivity contribution in [2.75, 3.05) is 12.3 Å². The highest BCUT2D eigenvalue weighted by atomic mass is 32.1. The molecule has 0 aliphatic heterocycles. The molecule has 0 amide bonds. The van der Waals surface area contributed by atoms with Gasteiger partial charge in [0, 0.05) is 0 Å². The van der Waals surface area contributed by atoms with Gasteiger partial charge in [-0.15, -0.1) is 0 Å². The van der Waals surface area contributed by atoms with Crippen LogP contribution in [0, 0.1) is 0 Å². The van der Waals surface area contributed by atoms with Gasteiger partial charge in [-0.25, -0.2) is 19.7 Å². The van der Waals surface area contributed by atoms with E-state index >= 15 is 0 Å². The van der Waals surface area contributed by atoms with Gasteiger partial charge in [0.2, 0.25) is 12.0 Å². The van der Waals surface area contributed by atoms with Crippen LogP contribution in [0.2, 0.25) is 0 Å². The van der Waals surface area contributed by atoms with Crippen LogP contribution in [0.3, 0.4) is 0 Å². The van der Waals surface area contributed by atoms with Gasteiger partial charge in [-0.1, -0.05) is 23.5 Å². The van der Waals surface area contributed by atoms with Gasteiger partial charge < -0.3 is 0 Å². The highest BCUT2D eigenvalue weighted by Gasteiger charge is 2.01.